The van der Waals surface area contributed by atoms with Gasteiger partial charge in [0.25, 0.3) is 5.91 Å². The standard InChI is InChI=1S/C17H14Cl2FNO3/c1-10(11-3-2-4-12(18)7-11)21-16(22)9-24-17(23)14-8-13(19)5-6-15(14)20/h2-8,10H,9H2,1H3,(H,21,22)/t10-/m0/s1. The lowest BCUT2D eigenvalue weighted by molar-refractivity contribution is -0.124. The van der Waals surface area contributed by atoms with Gasteiger partial charge < -0.3 is 10.1 Å². The Labute approximate surface area is 148 Å². The van der Waals surface area contributed by atoms with Crippen molar-refractivity contribution in [2.45, 2.75) is 13.0 Å². The summed E-state index contributed by atoms with van der Waals surface area (Å²) in [6.45, 7) is 1.23. The molecule has 126 valence electrons. The summed E-state index contributed by atoms with van der Waals surface area (Å²) in [4.78, 5) is 23.7. The van der Waals surface area contributed by atoms with Gasteiger partial charge in [-0.1, -0.05) is 35.3 Å². The summed E-state index contributed by atoms with van der Waals surface area (Å²) in [6, 6.07) is 10.2. The van der Waals surface area contributed by atoms with E-state index in [9.17, 15) is 14.0 Å². The van der Waals surface area contributed by atoms with Gasteiger partial charge in [0.1, 0.15) is 5.82 Å². The number of hydrogen-bond acceptors (Lipinski definition) is 3. The second-order valence-electron chi connectivity index (χ2n) is 5.04. The Bertz CT molecular complexity index is 767. The first kappa shape index (κ1) is 18.2. The van der Waals surface area contributed by atoms with E-state index in [4.69, 9.17) is 27.9 Å². The largest absolute Gasteiger partial charge is 0.452 e. The van der Waals surface area contributed by atoms with Gasteiger partial charge in [0.2, 0.25) is 0 Å². The summed E-state index contributed by atoms with van der Waals surface area (Å²) < 4.78 is 18.4. The lowest BCUT2D eigenvalue weighted by Gasteiger charge is -2.14. The Kier molecular flexibility index (Phi) is 6.17. The van der Waals surface area contributed by atoms with Crippen LogP contribution in [0.15, 0.2) is 42.5 Å². The maximum absolute atomic E-state index is 13.5. The summed E-state index contributed by atoms with van der Waals surface area (Å²) in [5, 5.41) is 3.41. The van der Waals surface area contributed by atoms with Crippen LogP contribution >= 0.6 is 23.2 Å². The van der Waals surface area contributed by atoms with Crippen molar-refractivity contribution < 1.29 is 18.7 Å². The summed E-state index contributed by atoms with van der Waals surface area (Å²) in [5.74, 6) is -2.24. The fraction of sp³-hybridized carbons (Fsp3) is 0.176. The molecule has 0 bridgehead atoms. The number of esters is 1. The number of halogens is 3. The molecule has 2 aromatic rings. The minimum atomic E-state index is -0.958. The monoisotopic (exact) mass is 369 g/mol. The predicted molar refractivity (Wildman–Crippen MR) is 89.7 cm³/mol. The Hall–Kier alpha value is -2.11. The van der Waals surface area contributed by atoms with Gasteiger partial charge >= 0.3 is 5.97 Å². The average molecular weight is 370 g/mol. The quantitative estimate of drug-likeness (QED) is 0.804. The van der Waals surface area contributed by atoms with E-state index in [-0.39, 0.29) is 16.6 Å². The number of hydrogen-bond donors (Lipinski definition) is 1. The van der Waals surface area contributed by atoms with Crippen LogP contribution in [-0.4, -0.2) is 18.5 Å². The molecule has 0 spiro atoms. The van der Waals surface area contributed by atoms with E-state index < -0.39 is 24.3 Å². The fourth-order valence-corrected chi connectivity index (χ4v) is 2.38. The van der Waals surface area contributed by atoms with Gasteiger partial charge in [-0.25, -0.2) is 9.18 Å². The van der Waals surface area contributed by atoms with E-state index in [2.05, 4.69) is 5.32 Å². The van der Waals surface area contributed by atoms with E-state index in [0.717, 1.165) is 17.7 Å². The smallest absolute Gasteiger partial charge is 0.341 e. The zero-order chi connectivity index (χ0) is 17.7. The van der Waals surface area contributed by atoms with Crippen LogP contribution in [0.25, 0.3) is 0 Å². The van der Waals surface area contributed by atoms with E-state index in [1.165, 1.54) is 6.07 Å². The molecule has 24 heavy (non-hydrogen) atoms. The molecule has 1 atom stereocenters. The SMILES string of the molecule is C[C@H](NC(=O)COC(=O)c1cc(Cl)ccc1F)c1cccc(Cl)c1. The molecule has 0 saturated carbocycles. The molecule has 0 aromatic heterocycles. The Balaban J connectivity index is 1.91. The van der Waals surface area contributed by atoms with Crippen LogP contribution in [0.4, 0.5) is 4.39 Å². The van der Waals surface area contributed by atoms with Crippen molar-refractivity contribution in [2.24, 2.45) is 0 Å². The van der Waals surface area contributed by atoms with Crippen molar-refractivity contribution in [3.63, 3.8) is 0 Å². The van der Waals surface area contributed by atoms with Gasteiger partial charge in [0, 0.05) is 10.0 Å². The molecular formula is C17H14Cl2FNO3. The molecule has 1 N–H and O–H groups in total. The number of rotatable bonds is 5. The first-order valence-corrected chi connectivity index (χ1v) is 7.79. The van der Waals surface area contributed by atoms with E-state index in [1.54, 1.807) is 25.1 Å². The normalized spacial score (nSPS) is 11.7. The first-order chi connectivity index (χ1) is 11.4. The Morgan fingerprint density at radius 3 is 2.58 bits per heavy atom. The molecule has 0 aliphatic heterocycles. The molecule has 0 aliphatic rings. The minimum Gasteiger partial charge on any atom is -0.452 e. The van der Waals surface area contributed by atoms with E-state index >= 15 is 0 Å². The van der Waals surface area contributed by atoms with E-state index in [0.29, 0.717) is 5.02 Å². The van der Waals surface area contributed by atoms with Gasteiger partial charge in [-0.15, -0.1) is 0 Å². The molecule has 0 aliphatic carbocycles. The van der Waals surface area contributed by atoms with Crippen molar-refractivity contribution in [1.29, 1.82) is 0 Å². The van der Waals surface area contributed by atoms with Gasteiger partial charge in [-0.2, -0.15) is 0 Å². The van der Waals surface area contributed by atoms with Crippen molar-refractivity contribution in [2.75, 3.05) is 6.61 Å². The highest BCUT2D eigenvalue weighted by atomic mass is 35.5. The second kappa shape index (κ2) is 8.13. The van der Waals surface area contributed by atoms with Crippen LogP contribution in [-0.2, 0) is 9.53 Å². The molecule has 0 heterocycles. The van der Waals surface area contributed by atoms with Crippen LogP contribution in [0.2, 0.25) is 10.0 Å². The lowest BCUT2D eigenvalue weighted by atomic mass is 10.1. The maximum atomic E-state index is 13.5. The topological polar surface area (TPSA) is 55.4 Å². The predicted octanol–water partition coefficient (Wildman–Crippen LogP) is 4.17. The van der Waals surface area contributed by atoms with Crippen LogP contribution in [0, 0.1) is 5.82 Å². The van der Waals surface area contributed by atoms with Crippen LogP contribution < -0.4 is 5.32 Å². The molecule has 0 unspecified atom stereocenters. The minimum absolute atomic E-state index is 0.197. The first-order valence-electron chi connectivity index (χ1n) is 7.04. The Morgan fingerprint density at radius 2 is 1.88 bits per heavy atom. The van der Waals surface area contributed by atoms with Crippen molar-refractivity contribution >= 4 is 35.1 Å². The molecule has 0 radical (unpaired) electrons. The highest BCUT2D eigenvalue weighted by Gasteiger charge is 2.16. The number of amides is 1. The van der Waals surface area contributed by atoms with Gasteiger partial charge in [-0.3, -0.25) is 4.79 Å². The van der Waals surface area contributed by atoms with Gasteiger partial charge in [-0.05, 0) is 42.8 Å². The molecule has 7 heteroatoms. The number of carbonyl (C=O) groups is 2. The van der Waals surface area contributed by atoms with Crippen LogP contribution in [0.3, 0.4) is 0 Å². The molecule has 0 fully saturated rings. The summed E-state index contributed by atoms with van der Waals surface area (Å²) in [5.41, 5.74) is 0.487. The van der Waals surface area contributed by atoms with Crippen molar-refractivity contribution in [3.05, 3.63) is 69.5 Å². The van der Waals surface area contributed by atoms with Gasteiger partial charge in [0.05, 0.1) is 11.6 Å². The third kappa shape index (κ3) is 4.94. The summed E-state index contributed by atoms with van der Waals surface area (Å²) in [6.07, 6.45) is 0. The summed E-state index contributed by atoms with van der Waals surface area (Å²) in [7, 11) is 0. The highest BCUT2D eigenvalue weighted by molar-refractivity contribution is 6.31. The summed E-state index contributed by atoms with van der Waals surface area (Å²) >= 11 is 11.6. The molecule has 2 aromatic carbocycles. The molecule has 1 amide bonds. The molecule has 4 nitrogen and oxygen atoms in total. The number of carbonyl (C=O) groups excluding carboxylic acids is 2. The fourth-order valence-electron chi connectivity index (χ4n) is 2.01. The molecular weight excluding hydrogens is 356 g/mol. The Morgan fingerprint density at radius 1 is 1.17 bits per heavy atom. The van der Waals surface area contributed by atoms with Crippen LogP contribution in [0.1, 0.15) is 28.9 Å². The number of nitrogens with one attached hydrogen (secondary N) is 1. The zero-order valence-corrected chi connectivity index (χ0v) is 14.2. The number of ether oxygens (including phenoxy) is 1. The van der Waals surface area contributed by atoms with E-state index in [1.807, 2.05) is 6.07 Å². The maximum Gasteiger partial charge on any atom is 0.341 e. The molecule has 2 rings (SSSR count). The van der Waals surface area contributed by atoms with Gasteiger partial charge in [0.15, 0.2) is 6.61 Å². The number of benzene rings is 2. The zero-order valence-electron chi connectivity index (χ0n) is 12.7. The van der Waals surface area contributed by atoms with Crippen LogP contribution in [0.5, 0.6) is 0 Å². The average Bonchev–Trinajstić information content (AvgIpc) is 2.54. The highest BCUT2D eigenvalue weighted by Crippen LogP contribution is 2.18. The second-order valence-corrected chi connectivity index (χ2v) is 5.92. The third-order valence-electron chi connectivity index (χ3n) is 3.21. The molecule has 0 saturated heterocycles. The lowest BCUT2D eigenvalue weighted by Crippen LogP contribution is -2.31. The van der Waals surface area contributed by atoms with Crippen molar-refractivity contribution in [1.82, 2.24) is 5.32 Å². The van der Waals surface area contributed by atoms with Crippen molar-refractivity contribution in [3.8, 4) is 0 Å². The third-order valence-corrected chi connectivity index (χ3v) is 3.68.